The minimum atomic E-state index is -4.50. The summed E-state index contributed by atoms with van der Waals surface area (Å²) in [5.74, 6) is -0.0176. The van der Waals surface area contributed by atoms with Crippen LogP contribution in [0.5, 0.6) is 5.75 Å². The lowest BCUT2D eigenvalue weighted by Crippen LogP contribution is -2.19. The summed E-state index contributed by atoms with van der Waals surface area (Å²) in [7, 11) is 2.76. The molecule has 0 bridgehead atoms. The minimum absolute atomic E-state index is 0.0421. The number of methoxy groups -OCH3 is 1. The number of carbonyl (C=O) groups excluding carboxylic acids is 1. The van der Waals surface area contributed by atoms with Gasteiger partial charge in [-0.2, -0.15) is 13.2 Å². The van der Waals surface area contributed by atoms with Gasteiger partial charge in [-0.25, -0.2) is 0 Å². The lowest BCUT2D eigenvalue weighted by atomic mass is 10.1. The van der Waals surface area contributed by atoms with Crippen LogP contribution < -0.4 is 15.4 Å². The Labute approximate surface area is 136 Å². The fraction of sp³-hybridized carbons (Fsp3) is 0.267. The number of amides is 1. The maximum absolute atomic E-state index is 13.1. The zero-order valence-corrected chi connectivity index (χ0v) is 12.9. The van der Waals surface area contributed by atoms with E-state index in [9.17, 15) is 18.0 Å². The van der Waals surface area contributed by atoms with Crippen LogP contribution in [0.4, 0.5) is 19.0 Å². The largest absolute Gasteiger partial charge is 0.497 e. The van der Waals surface area contributed by atoms with Crippen LogP contribution in [0.25, 0.3) is 0 Å². The highest BCUT2D eigenvalue weighted by Crippen LogP contribution is 2.34. The Kier molecular flexibility index (Phi) is 5.22. The molecule has 0 atom stereocenters. The number of nitrogens with zero attached hydrogens (tertiary/aromatic N) is 2. The second-order valence-electron chi connectivity index (χ2n) is 4.76. The van der Waals surface area contributed by atoms with E-state index in [0.29, 0.717) is 0 Å². The molecule has 0 aliphatic heterocycles. The molecule has 128 valence electrons. The number of halogens is 3. The number of hydrogen-bond donors (Lipinski definition) is 2. The summed E-state index contributed by atoms with van der Waals surface area (Å²) >= 11 is 0. The Morgan fingerprint density at radius 1 is 1.21 bits per heavy atom. The van der Waals surface area contributed by atoms with E-state index in [1.54, 1.807) is 0 Å². The molecule has 2 N–H and O–H groups in total. The van der Waals surface area contributed by atoms with Crippen molar-refractivity contribution in [3.05, 3.63) is 47.2 Å². The van der Waals surface area contributed by atoms with E-state index in [1.807, 2.05) is 0 Å². The Morgan fingerprint density at radius 2 is 1.96 bits per heavy atom. The second-order valence-corrected chi connectivity index (χ2v) is 4.76. The quantitative estimate of drug-likeness (QED) is 0.874. The van der Waals surface area contributed by atoms with Crippen molar-refractivity contribution >= 4 is 11.7 Å². The molecule has 1 heterocycles. The highest BCUT2D eigenvalue weighted by atomic mass is 19.4. The fourth-order valence-corrected chi connectivity index (χ4v) is 1.96. The molecule has 0 saturated carbocycles. The highest BCUT2D eigenvalue weighted by Gasteiger charge is 2.33. The van der Waals surface area contributed by atoms with Gasteiger partial charge in [0.1, 0.15) is 11.6 Å². The standard InChI is InChI=1S/C15H15F3N4O2/c1-19-14(23)12-5-6-13(22-21-12)20-8-9-3-4-10(24-2)7-11(9)15(16,17)18/h3-7H,8H2,1-2H3,(H,19,23)(H,20,22). The van der Waals surface area contributed by atoms with Gasteiger partial charge in [-0.3, -0.25) is 4.79 Å². The van der Waals surface area contributed by atoms with E-state index in [0.717, 1.165) is 6.07 Å². The lowest BCUT2D eigenvalue weighted by molar-refractivity contribution is -0.138. The zero-order valence-electron chi connectivity index (χ0n) is 12.9. The number of hydrogen-bond acceptors (Lipinski definition) is 5. The van der Waals surface area contributed by atoms with Crippen LogP contribution in [-0.4, -0.2) is 30.3 Å². The van der Waals surface area contributed by atoms with Crippen molar-refractivity contribution in [2.24, 2.45) is 0 Å². The molecule has 0 fully saturated rings. The lowest BCUT2D eigenvalue weighted by Gasteiger charge is -2.15. The number of nitrogens with one attached hydrogen (secondary N) is 2. The molecule has 9 heteroatoms. The fourth-order valence-electron chi connectivity index (χ4n) is 1.96. The molecule has 1 aromatic carbocycles. The molecule has 2 rings (SSSR count). The minimum Gasteiger partial charge on any atom is -0.497 e. The van der Waals surface area contributed by atoms with Crippen LogP contribution in [-0.2, 0) is 12.7 Å². The third-order valence-electron chi connectivity index (χ3n) is 3.21. The Morgan fingerprint density at radius 3 is 2.50 bits per heavy atom. The predicted octanol–water partition coefficient (Wildman–Crippen LogP) is 2.48. The zero-order chi connectivity index (χ0) is 17.7. The van der Waals surface area contributed by atoms with Gasteiger partial charge in [0.05, 0.1) is 12.7 Å². The summed E-state index contributed by atoms with van der Waals surface area (Å²) in [6.45, 7) is -0.104. The first kappa shape index (κ1) is 17.5. The first-order valence-electron chi connectivity index (χ1n) is 6.89. The molecule has 0 aliphatic carbocycles. The van der Waals surface area contributed by atoms with E-state index in [-0.39, 0.29) is 29.4 Å². The van der Waals surface area contributed by atoms with Gasteiger partial charge < -0.3 is 15.4 Å². The number of carbonyl (C=O) groups is 1. The normalized spacial score (nSPS) is 11.0. The van der Waals surface area contributed by atoms with E-state index in [4.69, 9.17) is 4.74 Å². The Bertz CT molecular complexity index is 718. The van der Waals surface area contributed by atoms with Gasteiger partial charge in [0.25, 0.3) is 5.91 Å². The molecule has 1 aromatic heterocycles. The summed E-state index contributed by atoms with van der Waals surface area (Å²) in [5, 5.41) is 12.6. The van der Waals surface area contributed by atoms with Gasteiger partial charge in [0.15, 0.2) is 5.69 Å². The van der Waals surface area contributed by atoms with Crippen molar-refractivity contribution in [1.82, 2.24) is 15.5 Å². The summed E-state index contributed by atoms with van der Waals surface area (Å²) in [5.41, 5.74) is -0.631. The van der Waals surface area contributed by atoms with Crippen LogP contribution in [0.2, 0.25) is 0 Å². The number of benzene rings is 1. The van der Waals surface area contributed by atoms with E-state index in [1.165, 1.54) is 38.4 Å². The molecule has 0 saturated heterocycles. The van der Waals surface area contributed by atoms with E-state index in [2.05, 4.69) is 20.8 Å². The molecular weight excluding hydrogens is 325 g/mol. The summed E-state index contributed by atoms with van der Waals surface area (Å²) < 4.78 is 44.2. The van der Waals surface area contributed by atoms with Crippen LogP contribution in [0, 0.1) is 0 Å². The smallest absolute Gasteiger partial charge is 0.416 e. The highest BCUT2D eigenvalue weighted by molar-refractivity contribution is 5.91. The molecule has 0 radical (unpaired) electrons. The number of rotatable bonds is 5. The maximum atomic E-state index is 13.1. The SMILES string of the molecule is CNC(=O)c1ccc(NCc2ccc(OC)cc2C(F)(F)F)nn1. The molecule has 0 aliphatic rings. The number of alkyl halides is 3. The van der Waals surface area contributed by atoms with Gasteiger partial charge in [-0.05, 0) is 29.8 Å². The Balaban J connectivity index is 2.15. The van der Waals surface area contributed by atoms with Crippen molar-refractivity contribution in [3.8, 4) is 5.75 Å². The summed E-state index contributed by atoms with van der Waals surface area (Å²) in [6, 6.07) is 6.62. The number of aromatic nitrogens is 2. The molecular formula is C15H15F3N4O2. The van der Waals surface area contributed by atoms with Crippen LogP contribution in [0.3, 0.4) is 0 Å². The number of anilines is 1. The Hall–Kier alpha value is -2.84. The maximum Gasteiger partial charge on any atom is 0.416 e. The second kappa shape index (κ2) is 7.16. The van der Waals surface area contributed by atoms with E-state index >= 15 is 0 Å². The third kappa shape index (κ3) is 4.12. The molecule has 24 heavy (non-hydrogen) atoms. The predicted molar refractivity (Wildman–Crippen MR) is 80.7 cm³/mol. The first-order valence-corrected chi connectivity index (χ1v) is 6.89. The third-order valence-corrected chi connectivity index (χ3v) is 3.21. The van der Waals surface area contributed by atoms with Crippen LogP contribution in [0.1, 0.15) is 21.6 Å². The molecule has 0 unspecified atom stereocenters. The molecule has 0 spiro atoms. The topological polar surface area (TPSA) is 76.1 Å². The average molecular weight is 340 g/mol. The molecule has 2 aromatic rings. The van der Waals surface area contributed by atoms with Gasteiger partial charge in [0.2, 0.25) is 0 Å². The van der Waals surface area contributed by atoms with Gasteiger partial charge in [-0.1, -0.05) is 6.07 Å². The monoisotopic (exact) mass is 340 g/mol. The van der Waals surface area contributed by atoms with Crippen molar-refractivity contribution in [3.63, 3.8) is 0 Å². The number of ether oxygens (including phenoxy) is 1. The van der Waals surface area contributed by atoms with Gasteiger partial charge >= 0.3 is 6.18 Å². The van der Waals surface area contributed by atoms with E-state index < -0.39 is 17.6 Å². The van der Waals surface area contributed by atoms with Crippen molar-refractivity contribution < 1.29 is 22.7 Å². The van der Waals surface area contributed by atoms with Gasteiger partial charge in [-0.15, -0.1) is 10.2 Å². The summed E-state index contributed by atoms with van der Waals surface area (Å²) in [4.78, 5) is 11.3. The van der Waals surface area contributed by atoms with Crippen molar-refractivity contribution in [2.45, 2.75) is 12.7 Å². The van der Waals surface area contributed by atoms with Gasteiger partial charge in [0, 0.05) is 13.6 Å². The van der Waals surface area contributed by atoms with Crippen molar-refractivity contribution in [1.29, 1.82) is 0 Å². The molecule has 1 amide bonds. The average Bonchev–Trinajstić information content (AvgIpc) is 2.58. The first-order chi connectivity index (χ1) is 11.3. The molecule has 6 nitrogen and oxygen atoms in total. The van der Waals surface area contributed by atoms with Crippen molar-refractivity contribution in [2.75, 3.05) is 19.5 Å². The van der Waals surface area contributed by atoms with Crippen LogP contribution in [0.15, 0.2) is 30.3 Å². The van der Waals surface area contributed by atoms with Crippen LogP contribution >= 0.6 is 0 Å². The summed E-state index contributed by atoms with van der Waals surface area (Å²) in [6.07, 6.45) is -4.50.